The maximum atomic E-state index is 15.7. The minimum atomic E-state index is -1.97. The number of hydrogen-bond donors (Lipinski definition) is 9. The summed E-state index contributed by atoms with van der Waals surface area (Å²) in [5.41, 5.74) is 1.77. The number of amides is 12. The van der Waals surface area contributed by atoms with Crippen LogP contribution in [0.15, 0.2) is 54.7 Å². The van der Waals surface area contributed by atoms with E-state index in [2.05, 4.69) is 42.2 Å². The molecule has 0 radical (unpaired) electrons. The zero-order valence-electron chi connectivity index (χ0n) is 71.4. The van der Waals surface area contributed by atoms with Crippen LogP contribution >= 0.6 is 0 Å². The molecule has 4 rings (SSSR count). The summed E-state index contributed by atoms with van der Waals surface area (Å²) in [4.78, 5) is 208. The highest BCUT2D eigenvalue weighted by atomic mass is 16.5. The molecule has 9 N–H and O–H groups in total. The lowest BCUT2D eigenvalue weighted by Crippen LogP contribution is -2.65. The molecule has 0 spiro atoms. The van der Waals surface area contributed by atoms with Crippen LogP contribution in [0.3, 0.4) is 0 Å². The number of fused-ring (bicyclic) bond motifs is 1. The van der Waals surface area contributed by atoms with E-state index < -0.39 is 209 Å². The lowest BCUT2D eigenvalue weighted by molar-refractivity contribution is -0.160. The van der Waals surface area contributed by atoms with Gasteiger partial charge in [0.15, 0.2) is 0 Å². The predicted octanol–water partition coefficient (Wildman–Crippen LogP) is 4.04. The minimum Gasteiger partial charge on any atom is -0.496 e. The summed E-state index contributed by atoms with van der Waals surface area (Å²) in [6.45, 7) is 33.3. The van der Waals surface area contributed by atoms with Gasteiger partial charge >= 0.3 is 5.97 Å². The molecular formula is C82H132N14O16. The summed E-state index contributed by atoms with van der Waals surface area (Å²) in [5, 5.41) is 32.0. The smallest absolute Gasteiger partial charge is 0.329 e. The summed E-state index contributed by atoms with van der Waals surface area (Å²) in [6.07, 6.45) is -2.07. The van der Waals surface area contributed by atoms with E-state index in [4.69, 9.17) is 9.47 Å². The molecule has 0 unspecified atom stereocenters. The molecule has 1 aromatic heterocycles. The fourth-order valence-electron chi connectivity index (χ4n) is 14.6. The van der Waals surface area contributed by atoms with Crippen LogP contribution in [0.5, 0.6) is 5.75 Å². The van der Waals surface area contributed by atoms with Gasteiger partial charge in [-0.2, -0.15) is 0 Å². The second-order valence-electron chi connectivity index (χ2n) is 33.6. The first-order valence-corrected chi connectivity index (χ1v) is 39.2. The highest BCUT2D eigenvalue weighted by Crippen LogP contribution is 2.31. The number of benzene rings is 2. The van der Waals surface area contributed by atoms with Crippen molar-refractivity contribution in [2.75, 3.05) is 56.4 Å². The highest BCUT2D eigenvalue weighted by molar-refractivity contribution is 6.01. The van der Waals surface area contributed by atoms with Gasteiger partial charge in [-0.05, 0) is 111 Å². The number of aliphatic hydroxyl groups excluding tert-OH is 1. The van der Waals surface area contributed by atoms with Crippen LogP contribution in [0, 0.1) is 53.3 Å². The number of cyclic esters (lactones) is 1. The monoisotopic (exact) mass is 1570 g/mol. The number of aromatic nitrogens is 1. The molecule has 30 heteroatoms. The molecule has 0 saturated carbocycles. The normalized spacial score (nSPS) is 24.0. The van der Waals surface area contributed by atoms with Gasteiger partial charge < -0.3 is 81.3 Å². The molecule has 2 aromatic carbocycles. The third-order valence-electron chi connectivity index (χ3n) is 21.0. The standard InChI is InChI=1S/C82H132N14O16/c1-41(2)37-56-71(99)86-62(44(7)8)79(107)95(26)68(49(17)18)81(109)93(24)57(39-53-40-83-54-35-32-36-58(111-28)59(53)54)72(100)85-60(42(3)4)73(101)84-55(38-52-33-30-29-31-34-52)70(98)89-64(46(11)12)82(110)112-51(20)65(80(108)96(27)69(50(19)97)76(104)88-61(43(5)6)77(105)92(56)23)90-75(103)67(48(15)16)94(25)78(106)63(45(9)10)87-74(102)66(47(13)14)91(21)22/h29-36,40-51,55-57,60-69,83,97H,37-39H2,1-28H3,(H,84,101)(H,85,100)(H,86,99)(H,87,102)(H,88,104)(H,89,98)(H,90,103)/t50-,51-,55+,56+,57+,60+,61+,62+,63+,64+,65+,66+,67+,68+,69+/m1/s1. The number of hydrogen-bond acceptors (Lipinski definition) is 17. The Kier molecular flexibility index (Phi) is 35.8. The van der Waals surface area contributed by atoms with Gasteiger partial charge in [-0.1, -0.05) is 161 Å². The maximum absolute atomic E-state index is 15.7. The molecule has 0 bridgehead atoms. The van der Waals surface area contributed by atoms with Crippen molar-refractivity contribution in [3.8, 4) is 5.75 Å². The Labute approximate surface area is 663 Å². The molecule has 626 valence electrons. The van der Waals surface area contributed by atoms with Crippen molar-refractivity contribution < 1.29 is 76.9 Å². The maximum Gasteiger partial charge on any atom is 0.329 e. The van der Waals surface area contributed by atoms with Gasteiger partial charge in [-0.15, -0.1) is 0 Å². The molecule has 15 atom stereocenters. The lowest BCUT2D eigenvalue weighted by atomic mass is 9.95. The van der Waals surface area contributed by atoms with Crippen molar-refractivity contribution in [3.63, 3.8) is 0 Å². The van der Waals surface area contributed by atoms with E-state index in [-0.39, 0.29) is 31.1 Å². The average molecular weight is 1570 g/mol. The van der Waals surface area contributed by atoms with Crippen LogP contribution in [-0.4, -0.2) is 264 Å². The van der Waals surface area contributed by atoms with Gasteiger partial charge in [0.1, 0.15) is 84.4 Å². The summed E-state index contributed by atoms with van der Waals surface area (Å²) in [6, 6.07) is -4.34. The van der Waals surface area contributed by atoms with Gasteiger partial charge in [-0.3, -0.25) is 62.4 Å². The minimum absolute atomic E-state index is 0.0403. The van der Waals surface area contributed by atoms with Gasteiger partial charge in [0.25, 0.3) is 0 Å². The highest BCUT2D eigenvalue weighted by Gasteiger charge is 2.47. The molecule has 30 nitrogen and oxygen atoms in total. The van der Waals surface area contributed by atoms with E-state index >= 15 is 52.7 Å². The number of rotatable bonds is 23. The van der Waals surface area contributed by atoms with Crippen molar-refractivity contribution in [3.05, 3.63) is 65.9 Å². The Morgan fingerprint density at radius 3 is 1.52 bits per heavy atom. The second-order valence-corrected chi connectivity index (χ2v) is 33.6. The molecule has 2 heterocycles. The van der Waals surface area contributed by atoms with Crippen molar-refractivity contribution in [1.29, 1.82) is 0 Å². The van der Waals surface area contributed by atoms with E-state index in [0.29, 0.717) is 27.8 Å². The second kappa shape index (κ2) is 42.1. The third-order valence-corrected chi connectivity index (χ3v) is 21.0. The fourth-order valence-corrected chi connectivity index (χ4v) is 14.6. The topological polar surface area (TPSA) is 380 Å². The molecule has 3 aromatic rings. The van der Waals surface area contributed by atoms with Crippen molar-refractivity contribution in [2.24, 2.45) is 53.3 Å². The number of carbonyl (C=O) groups excluding carboxylic acids is 13. The number of nitrogens with zero attached hydrogens (tertiary/aromatic N) is 6. The van der Waals surface area contributed by atoms with Crippen molar-refractivity contribution in [1.82, 2.24) is 71.6 Å². The SMILES string of the molecule is COc1cccc2[nH]cc(C[C@H]3C(=O)N[C@@H](C(C)C)C(=O)N[C@@H](Cc4ccccc4)C(=O)N[C@@H](C(C)C)C(=O)O[C@H](C)[C@H](NC(=O)[C@H](C(C)C)N(C)C(=O)[C@@H](NC(=O)[C@H](C(C)C)N(C)C)C(C)C)C(=O)N(C)[C@@H]([C@@H](C)O)C(=O)N[C@@H](C(C)C)C(=O)N(C)[C@@H](CC(C)C)C(=O)N[C@@H](C(C)C)C(=O)N(C)[C@@H](C(C)C)C(=O)N3C)c12. The van der Waals surface area contributed by atoms with Crippen LogP contribution in [0.2, 0.25) is 0 Å². The zero-order chi connectivity index (χ0) is 85.3. The number of carbonyl (C=O) groups is 13. The third kappa shape index (κ3) is 24.2. The van der Waals surface area contributed by atoms with Crippen molar-refractivity contribution in [2.45, 2.75) is 248 Å². The van der Waals surface area contributed by atoms with Crippen LogP contribution < -0.4 is 42.0 Å². The number of likely N-dealkylation sites (N-methyl/N-ethyl adjacent to an activating group) is 6. The molecule has 1 aliphatic rings. The summed E-state index contributed by atoms with van der Waals surface area (Å²) >= 11 is 0. The first-order valence-electron chi connectivity index (χ1n) is 39.2. The molecule has 12 amide bonds. The Balaban J connectivity index is 2.06. The number of H-pyrrole nitrogens is 1. The predicted molar refractivity (Wildman–Crippen MR) is 428 cm³/mol. The van der Waals surface area contributed by atoms with Crippen LogP contribution in [0.1, 0.15) is 156 Å². The Morgan fingerprint density at radius 1 is 0.527 bits per heavy atom. The number of aliphatic hydroxyl groups is 1. The van der Waals surface area contributed by atoms with Gasteiger partial charge in [0, 0.05) is 65.2 Å². The molecule has 0 aliphatic carbocycles. The summed E-state index contributed by atoms with van der Waals surface area (Å²) < 4.78 is 12.0. The van der Waals surface area contributed by atoms with E-state index in [1.165, 1.54) is 58.9 Å². The largest absolute Gasteiger partial charge is 0.496 e. The van der Waals surface area contributed by atoms with E-state index in [0.717, 1.165) is 21.7 Å². The zero-order valence-corrected chi connectivity index (χ0v) is 71.4. The quantitative estimate of drug-likeness (QED) is 0.0605. The van der Waals surface area contributed by atoms with Crippen molar-refractivity contribution >= 4 is 87.8 Å². The van der Waals surface area contributed by atoms with Crippen LogP contribution in [0.25, 0.3) is 10.9 Å². The number of methoxy groups -OCH3 is 1. The van der Waals surface area contributed by atoms with Gasteiger partial charge in [-0.25, -0.2) is 4.79 Å². The van der Waals surface area contributed by atoms with E-state index in [9.17, 15) is 14.7 Å². The van der Waals surface area contributed by atoms with Gasteiger partial charge in [0.2, 0.25) is 70.9 Å². The average Bonchev–Trinajstić information content (AvgIpc) is 1.36. The van der Waals surface area contributed by atoms with Crippen LogP contribution in [0.4, 0.5) is 0 Å². The molecule has 1 fully saturated rings. The Morgan fingerprint density at radius 2 is 1.03 bits per heavy atom. The summed E-state index contributed by atoms with van der Waals surface area (Å²) in [5.74, 6) is -15.5. The molecular weight excluding hydrogens is 1440 g/mol. The van der Waals surface area contributed by atoms with E-state index in [1.807, 2.05) is 33.8 Å². The molecule has 1 aliphatic heterocycles. The number of esters is 1. The first kappa shape index (κ1) is 95.2. The Hall–Kier alpha value is -9.19. The number of nitrogens with one attached hydrogen (secondary N) is 8. The first-order chi connectivity index (χ1) is 52.1. The fraction of sp³-hybridized carbons (Fsp3) is 0.671. The number of ether oxygens (including phenoxy) is 2. The lowest BCUT2D eigenvalue weighted by Gasteiger charge is -2.39. The molecule has 1 saturated heterocycles. The Bertz CT molecular complexity index is 3730. The molecule has 112 heavy (non-hydrogen) atoms. The van der Waals surface area contributed by atoms with E-state index in [1.54, 1.807) is 165 Å². The number of aromatic amines is 1. The van der Waals surface area contributed by atoms with Gasteiger partial charge in [0.05, 0.1) is 19.3 Å². The summed E-state index contributed by atoms with van der Waals surface area (Å²) in [7, 11) is 11.7. The van der Waals surface area contributed by atoms with Crippen LogP contribution in [-0.2, 0) is 79.9 Å².